The van der Waals surface area contributed by atoms with Crippen molar-refractivity contribution in [1.29, 1.82) is 0 Å². The molecule has 1 rings (SSSR count). The lowest BCUT2D eigenvalue weighted by molar-refractivity contribution is 0.0722. The molecule has 0 amide bonds. The molecule has 4 heteroatoms. The molecule has 4 nitrogen and oxygen atoms in total. The maximum absolute atomic E-state index is 5.41. The number of rotatable bonds is 7. The summed E-state index contributed by atoms with van der Waals surface area (Å²) in [5, 5.41) is 3.38. The monoisotopic (exact) mass is 216 g/mol. The lowest BCUT2D eigenvalue weighted by Gasteiger charge is -2.32. The number of hydrogen-bond acceptors (Lipinski definition) is 4. The van der Waals surface area contributed by atoms with Crippen LogP contribution in [0.3, 0.4) is 0 Å². The first-order valence-electron chi connectivity index (χ1n) is 5.79. The molecule has 0 saturated carbocycles. The normalized spacial score (nSPS) is 23.6. The maximum Gasteiger partial charge on any atom is 0.0630 e. The predicted molar refractivity (Wildman–Crippen MR) is 61.2 cm³/mol. The van der Waals surface area contributed by atoms with Gasteiger partial charge in [0.05, 0.1) is 13.2 Å². The Morgan fingerprint density at radius 2 is 2.40 bits per heavy atom. The van der Waals surface area contributed by atoms with Crippen LogP contribution in [0, 0.1) is 0 Å². The zero-order chi connectivity index (χ0) is 11.1. The highest BCUT2D eigenvalue weighted by Crippen LogP contribution is 2.13. The molecule has 15 heavy (non-hydrogen) atoms. The molecule has 2 unspecified atom stereocenters. The van der Waals surface area contributed by atoms with E-state index in [4.69, 9.17) is 9.47 Å². The first-order valence-corrected chi connectivity index (χ1v) is 5.79. The molecule has 0 spiro atoms. The lowest BCUT2D eigenvalue weighted by Crippen LogP contribution is -2.48. The molecule has 0 aliphatic carbocycles. The van der Waals surface area contributed by atoms with E-state index in [1.54, 1.807) is 7.11 Å². The van der Waals surface area contributed by atoms with Crippen LogP contribution in [0.1, 0.15) is 13.3 Å². The molecule has 0 bridgehead atoms. The third-order valence-electron chi connectivity index (χ3n) is 3.05. The van der Waals surface area contributed by atoms with Crippen LogP contribution >= 0.6 is 0 Å². The first kappa shape index (κ1) is 12.9. The van der Waals surface area contributed by atoms with Gasteiger partial charge < -0.3 is 14.8 Å². The molecule has 1 N–H and O–H groups in total. The molecular formula is C11H24N2O2. The third-order valence-corrected chi connectivity index (χ3v) is 3.05. The topological polar surface area (TPSA) is 33.7 Å². The fraction of sp³-hybridized carbons (Fsp3) is 1.00. The van der Waals surface area contributed by atoms with Gasteiger partial charge in [-0.2, -0.15) is 0 Å². The Morgan fingerprint density at radius 1 is 1.60 bits per heavy atom. The number of nitrogens with zero attached hydrogens (tertiary/aromatic N) is 1. The number of hydrogen-bond donors (Lipinski definition) is 1. The van der Waals surface area contributed by atoms with Gasteiger partial charge >= 0.3 is 0 Å². The van der Waals surface area contributed by atoms with Crippen molar-refractivity contribution in [2.75, 3.05) is 47.1 Å². The van der Waals surface area contributed by atoms with Gasteiger partial charge in [0.1, 0.15) is 0 Å². The smallest absolute Gasteiger partial charge is 0.0630 e. The molecule has 1 heterocycles. The molecule has 2 atom stereocenters. The zero-order valence-electron chi connectivity index (χ0n) is 10.2. The summed E-state index contributed by atoms with van der Waals surface area (Å²) in [4.78, 5) is 2.39. The third kappa shape index (κ3) is 4.07. The quantitative estimate of drug-likeness (QED) is 0.665. The van der Waals surface area contributed by atoms with Gasteiger partial charge in [0.25, 0.3) is 0 Å². The molecule has 0 radical (unpaired) electrons. The van der Waals surface area contributed by atoms with Gasteiger partial charge in [-0.05, 0) is 20.0 Å². The van der Waals surface area contributed by atoms with Crippen LogP contribution in [-0.4, -0.2) is 64.1 Å². The average Bonchev–Trinajstić information content (AvgIpc) is 2.76. The van der Waals surface area contributed by atoms with E-state index in [1.807, 2.05) is 0 Å². The molecule has 0 aromatic heterocycles. The second-order valence-corrected chi connectivity index (χ2v) is 4.10. The van der Waals surface area contributed by atoms with Crippen LogP contribution in [0.5, 0.6) is 0 Å². The largest absolute Gasteiger partial charge is 0.383 e. The van der Waals surface area contributed by atoms with Gasteiger partial charge in [-0.1, -0.05) is 6.92 Å². The minimum Gasteiger partial charge on any atom is -0.383 e. The molecule has 90 valence electrons. The lowest BCUT2D eigenvalue weighted by atomic mass is 10.1. The molecule has 0 aromatic carbocycles. The first-order chi connectivity index (χ1) is 7.29. The predicted octanol–water partition coefficient (Wildman–Crippen LogP) is 0.332. The molecule has 1 aliphatic rings. The highest BCUT2D eigenvalue weighted by atomic mass is 16.5. The Balaban J connectivity index is 2.37. The Morgan fingerprint density at radius 3 is 2.93 bits per heavy atom. The fourth-order valence-electron chi connectivity index (χ4n) is 1.97. The summed E-state index contributed by atoms with van der Waals surface area (Å²) >= 11 is 0. The molecule has 0 aromatic rings. The molecular weight excluding hydrogens is 192 g/mol. The van der Waals surface area contributed by atoms with E-state index in [-0.39, 0.29) is 0 Å². The van der Waals surface area contributed by atoms with Crippen molar-refractivity contribution in [3.63, 3.8) is 0 Å². The van der Waals surface area contributed by atoms with Crippen LogP contribution in [0.15, 0.2) is 0 Å². The van der Waals surface area contributed by atoms with Gasteiger partial charge in [0, 0.05) is 32.3 Å². The van der Waals surface area contributed by atoms with Gasteiger partial charge in [-0.25, -0.2) is 0 Å². The minimum absolute atomic E-state index is 0.446. The van der Waals surface area contributed by atoms with Crippen molar-refractivity contribution < 1.29 is 9.47 Å². The summed E-state index contributed by atoms with van der Waals surface area (Å²) in [5.41, 5.74) is 0. The Bertz CT molecular complexity index is 161. The van der Waals surface area contributed by atoms with E-state index in [2.05, 4.69) is 24.2 Å². The molecule has 1 aliphatic heterocycles. The number of ether oxygens (including phenoxy) is 2. The summed E-state index contributed by atoms with van der Waals surface area (Å²) in [6.07, 6.45) is 1.14. The van der Waals surface area contributed by atoms with Crippen LogP contribution in [-0.2, 0) is 9.47 Å². The number of likely N-dealkylation sites (N-methyl/N-ethyl adjacent to an activating group) is 2. The van der Waals surface area contributed by atoms with Crippen LogP contribution in [0.4, 0.5) is 0 Å². The SMILES string of the molecule is CCNCC(COC)N(C)C1CCOC1. The van der Waals surface area contributed by atoms with E-state index >= 15 is 0 Å². The van der Waals surface area contributed by atoms with Crippen LogP contribution in [0.2, 0.25) is 0 Å². The second-order valence-electron chi connectivity index (χ2n) is 4.10. The zero-order valence-corrected chi connectivity index (χ0v) is 10.2. The summed E-state index contributed by atoms with van der Waals surface area (Å²) in [5.74, 6) is 0. The Kier molecular flexibility index (Phi) is 6.17. The minimum atomic E-state index is 0.446. The van der Waals surface area contributed by atoms with Gasteiger partial charge in [0.15, 0.2) is 0 Å². The number of methoxy groups -OCH3 is 1. The van der Waals surface area contributed by atoms with Crippen molar-refractivity contribution in [3.05, 3.63) is 0 Å². The van der Waals surface area contributed by atoms with E-state index in [9.17, 15) is 0 Å². The average molecular weight is 216 g/mol. The Labute approximate surface area is 92.9 Å². The van der Waals surface area contributed by atoms with E-state index in [0.29, 0.717) is 12.1 Å². The van der Waals surface area contributed by atoms with Crippen molar-refractivity contribution in [3.8, 4) is 0 Å². The molecule has 1 saturated heterocycles. The van der Waals surface area contributed by atoms with E-state index in [1.165, 1.54) is 0 Å². The highest BCUT2D eigenvalue weighted by Gasteiger charge is 2.25. The molecule has 1 fully saturated rings. The highest BCUT2D eigenvalue weighted by molar-refractivity contribution is 4.80. The van der Waals surface area contributed by atoms with Crippen LogP contribution < -0.4 is 5.32 Å². The van der Waals surface area contributed by atoms with Crippen molar-refractivity contribution in [1.82, 2.24) is 10.2 Å². The summed E-state index contributed by atoms with van der Waals surface area (Å²) in [6.45, 7) is 6.66. The van der Waals surface area contributed by atoms with Gasteiger partial charge in [-0.3, -0.25) is 4.90 Å². The Hall–Kier alpha value is -0.160. The second kappa shape index (κ2) is 7.17. The van der Waals surface area contributed by atoms with Crippen molar-refractivity contribution >= 4 is 0 Å². The van der Waals surface area contributed by atoms with Crippen LogP contribution in [0.25, 0.3) is 0 Å². The van der Waals surface area contributed by atoms with Gasteiger partial charge in [-0.15, -0.1) is 0 Å². The fourth-order valence-corrected chi connectivity index (χ4v) is 1.97. The van der Waals surface area contributed by atoms with Crippen molar-refractivity contribution in [2.45, 2.75) is 25.4 Å². The van der Waals surface area contributed by atoms with E-state index < -0.39 is 0 Å². The maximum atomic E-state index is 5.41. The van der Waals surface area contributed by atoms with Crippen molar-refractivity contribution in [2.24, 2.45) is 0 Å². The summed E-state index contributed by atoms with van der Waals surface area (Å²) in [7, 11) is 3.93. The summed E-state index contributed by atoms with van der Waals surface area (Å²) in [6, 6.07) is 1.01. The van der Waals surface area contributed by atoms with E-state index in [0.717, 1.165) is 39.3 Å². The van der Waals surface area contributed by atoms with Gasteiger partial charge in [0.2, 0.25) is 0 Å². The summed E-state index contributed by atoms with van der Waals surface area (Å²) < 4.78 is 10.7. The number of nitrogens with one attached hydrogen (secondary N) is 1. The standard InChI is InChI=1S/C11H24N2O2/c1-4-12-7-11(8-14-3)13(2)10-5-6-15-9-10/h10-12H,4-9H2,1-3H3.